The van der Waals surface area contributed by atoms with Gasteiger partial charge in [0.2, 0.25) is 5.91 Å². The zero-order valence-corrected chi connectivity index (χ0v) is 15.3. The molecule has 144 valence electrons. The molecule has 26 heavy (non-hydrogen) atoms. The fraction of sp³-hybridized carbons (Fsp3) is 0.579. The van der Waals surface area contributed by atoms with E-state index in [1.807, 2.05) is 0 Å². The molecule has 0 saturated carbocycles. The first kappa shape index (κ1) is 20.3. The molecule has 5 nitrogen and oxygen atoms in total. The Morgan fingerprint density at radius 3 is 2.50 bits per heavy atom. The summed E-state index contributed by atoms with van der Waals surface area (Å²) in [5, 5.41) is 3.19. The molecule has 1 heterocycles. The largest absolute Gasteiger partial charge is 0.340 e. The number of piperazine rings is 1. The van der Waals surface area contributed by atoms with Crippen LogP contribution in [0.1, 0.15) is 43.0 Å². The molecule has 0 aliphatic carbocycles. The maximum absolute atomic E-state index is 13.5. The molecule has 2 amide bonds. The Hall–Kier alpha value is -2.02. The van der Waals surface area contributed by atoms with Crippen molar-refractivity contribution in [3.05, 3.63) is 35.4 Å². The smallest absolute Gasteiger partial charge is 0.253 e. The fourth-order valence-corrected chi connectivity index (χ4v) is 2.98. The van der Waals surface area contributed by atoms with Gasteiger partial charge >= 0.3 is 0 Å². The summed E-state index contributed by atoms with van der Waals surface area (Å²) in [6.07, 6.45) is 3.02. The van der Waals surface area contributed by atoms with Crippen LogP contribution in [0.4, 0.5) is 8.78 Å². The number of halogens is 2. The highest BCUT2D eigenvalue weighted by Crippen LogP contribution is 2.13. The Morgan fingerprint density at radius 1 is 1.12 bits per heavy atom. The van der Waals surface area contributed by atoms with Gasteiger partial charge in [0.25, 0.3) is 5.91 Å². The third-order valence-corrected chi connectivity index (χ3v) is 4.55. The maximum Gasteiger partial charge on any atom is 0.253 e. The highest BCUT2D eigenvalue weighted by Gasteiger charge is 2.21. The summed E-state index contributed by atoms with van der Waals surface area (Å²) < 4.78 is 26.6. The molecule has 1 aliphatic rings. The molecule has 1 fully saturated rings. The molecule has 1 aromatic rings. The number of amides is 2. The molecule has 0 atom stereocenters. The zero-order chi connectivity index (χ0) is 18.9. The van der Waals surface area contributed by atoms with Gasteiger partial charge in [0.15, 0.2) is 11.6 Å². The second-order valence-electron chi connectivity index (χ2n) is 6.51. The summed E-state index contributed by atoms with van der Waals surface area (Å²) >= 11 is 0. The van der Waals surface area contributed by atoms with E-state index in [1.165, 1.54) is 6.07 Å². The van der Waals surface area contributed by atoms with Crippen LogP contribution < -0.4 is 5.32 Å². The van der Waals surface area contributed by atoms with E-state index in [1.54, 1.807) is 9.80 Å². The van der Waals surface area contributed by atoms with Crippen molar-refractivity contribution in [3.63, 3.8) is 0 Å². The Morgan fingerprint density at radius 2 is 1.85 bits per heavy atom. The number of carbonyl (C=O) groups excluding carboxylic acids is 2. The maximum atomic E-state index is 13.5. The first-order chi connectivity index (χ1) is 12.5. The lowest BCUT2D eigenvalue weighted by molar-refractivity contribution is -0.131. The monoisotopic (exact) mass is 367 g/mol. The summed E-state index contributed by atoms with van der Waals surface area (Å²) in [5.74, 6) is -2.37. The third kappa shape index (κ3) is 5.76. The first-order valence-electron chi connectivity index (χ1n) is 9.25. The predicted molar refractivity (Wildman–Crippen MR) is 95.9 cm³/mol. The zero-order valence-electron chi connectivity index (χ0n) is 15.3. The quantitative estimate of drug-likeness (QED) is 0.718. The topological polar surface area (TPSA) is 52.7 Å². The number of nitrogens with zero attached hydrogens (tertiary/aromatic N) is 2. The van der Waals surface area contributed by atoms with Gasteiger partial charge in [-0.25, -0.2) is 8.78 Å². The highest BCUT2D eigenvalue weighted by molar-refractivity contribution is 5.94. The van der Waals surface area contributed by atoms with Gasteiger partial charge < -0.3 is 15.1 Å². The number of rotatable bonds is 8. The van der Waals surface area contributed by atoms with E-state index in [-0.39, 0.29) is 30.3 Å². The van der Waals surface area contributed by atoms with Crippen molar-refractivity contribution < 1.29 is 18.4 Å². The van der Waals surface area contributed by atoms with E-state index >= 15 is 0 Å². The van der Waals surface area contributed by atoms with Crippen LogP contribution >= 0.6 is 0 Å². The lowest BCUT2D eigenvalue weighted by Gasteiger charge is -2.29. The standard InChI is InChI=1S/C19H27F2N3O2/c1-2-3-4-10-24(11-7-18(25)23-12-8-22-9-13-23)19(26)15-5-6-16(20)17(21)14-15/h5-6,14,22H,2-4,7-13H2,1H3. The van der Waals surface area contributed by atoms with E-state index in [9.17, 15) is 18.4 Å². The Bertz CT molecular complexity index is 619. The van der Waals surface area contributed by atoms with Gasteiger partial charge in [0.05, 0.1) is 0 Å². The van der Waals surface area contributed by atoms with Crippen molar-refractivity contribution in [2.45, 2.75) is 32.6 Å². The molecule has 0 radical (unpaired) electrons. The molecular formula is C19H27F2N3O2. The minimum absolute atomic E-state index is 0.0186. The third-order valence-electron chi connectivity index (χ3n) is 4.55. The van der Waals surface area contributed by atoms with Gasteiger partial charge in [-0.05, 0) is 24.6 Å². The van der Waals surface area contributed by atoms with Crippen molar-refractivity contribution in [1.82, 2.24) is 15.1 Å². The lowest BCUT2D eigenvalue weighted by Crippen LogP contribution is -2.47. The molecule has 0 spiro atoms. The Kier molecular flexibility index (Phi) is 7.97. The van der Waals surface area contributed by atoms with Crippen LogP contribution in [0, 0.1) is 11.6 Å². The molecular weight excluding hydrogens is 340 g/mol. The average molecular weight is 367 g/mol. The van der Waals surface area contributed by atoms with Gasteiger partial charge in [-0.2, -0.15) is 0 Å². The van der Waals surface area contributed by atoms with Crippen molar-refractivity contribution in [2.24, 2.45) is 0 Å². The minimum atomic E-state index is -1.04. The number of benzene rings is 1. The fourth-order valence-electron chi connectivity index (χ4n) is 2.98. The van der Waals surface area contributed by atoms with Crippen LogP contribution in [-0.4, -0.2) is 60.9 Å². The summed E-state index contributed by atoms with van der Waals surface area (Å²) in [4.78, 5) is 28.4. The van der Waals surface area contributed by atoms with Gasteiger partial charge in [-0.1, -0.05) is 19.8 Å². The van der Waals surface area contributed by atoms with Gasteiger partial charge in [-0.15, -0.1) is 0 Å². The van der Waals surface area contributed by atoms with Crippen molar-refractivity contribution in [3.8, 4) is 0 Å². The lowest BCUT2D eigenvalue weighted by atomic mass is 10.1. The summed E-state index contributed by atoms with van der Waals surface area (Å²) in [6, 6.07) is 3.16. The molecule has 1 aliphatic heterocycles. The summed E-state index contributed by atoms with van der Waals surface area (Å²) in [7, 11) is 0. The highest BCUT2D eigenvalue weighted by atomic mass is 19.2. The van der Waals surface area contributed by atoms with Gasteiger partial charge in [0, 0.05) is 51.3 Å². The number of unbranched alkanes of at least 4 members (excludes halogenated alkanes) is 2. The molecule has 2 rings (SSSR count). The summed E-state index contributed by atoms with van der Waals surface area (Å²) in [5.41, 5.74) is 0.106. The van der Waals surface area contributed by atoms with Crippen LogP contribution in [0.5, 0.6) is 0 Å². The molecule has 0 aromatic heterocycles. The second kappa shape index (κ2) is 10.2. The summed E-state index contributed by atoms with van der Waals surface area (Å²) in [6.45, 7) is 5.75. The van der Waals surface area contributed by atoms with Crippen molar-refractivity contribution in [1.29, 1.82) is 0 Å². The Labute approximate surface area is 153 Å². The number of hydrogen-bond acceptors (Lipinski definition) is 3. The van der Waals surface area contributed by atoms with Crippen LogP contribution in [0.25, 0.3) is 0 Å². The first-order valence-corrected chi connectivity index (χ1v) is 9.25. The average Bonchev–Trinajstić information content (AvgIpc) is 2.66. The van der Waals surface area contributed by atoms with Gasteiger partial charge in [-0.3, -0.25) is 9.59 Å². The van der Waals surface area contributed by atoms with E-state index in [4.69, 9.17) is 0 Å². The molecule has 1 aromatic carbocycles. The van der Waals surface area contributed by atoms with Crippen LogP contribution in [0.3, 0.4) is 0 Å². The second-order valence-corrected chi connectivity index (χ2v) is 6.51. The molecule has 1 N–H and O–H groups in total. The van der Waals surface area contributed by atoms with E-state index in [2.05, 4.69) is 12.2 Å². The predicted octanol–water partition coefficient (Wildman–Crippen LogP) is 2.42. The molecule has 0 unspecified atom stereocenters. The minimum Gasteiger partial charge on any atom is -0.340 e. The Balaban J connectivity index is 2.00. The van der Waals surface area contributed by atoms with Crippen LogP contribution in [-0.2, 0) is 4.79 Å². The van der Waals surface area contributed by atoms with Crippen molar-refractivity contribution >= 4 is 11.8 Å². The molecule has 1 saturated heterocycles. The van der Waals surface area contributed by atoms with Crippen molar-refractivity contribution in [2.75, 3.05) is 39.3 Å². The SMILES string of the molecule is CCCCCN(CCC(=O)N1CCNCC1)C(=O)c1ccc(F)c(F)c1. The van der Waals surface area contributed by atoms with E-state index < -0.39 is 11.6 Å². The van der Waals surface area contributed by atoms with E-state index in [0.29, 0.717) is 19.6 Å². The number of nitrogens with one attached hydrogen (secondary N) is 1. The molecule has 0 bridgehead atoms. The number of carbonyl (C=O) groups is 2. The molecule has 7 heteroatoms. The normalized spacial score (nSPS) is 14.3. The van der Waals surface area contributed by atoms with Crippen LogP contribution in [0.15, 0.2) is 18.2 Å². The van der Waals surface area contributed by atoms with Gasteiger partial charge in [0.1, 0.15) is 0 Å². The van der Waals surface area contributed by atoms with Crippen LogP contribution in [0.2, 0.25) is 0 Å². The number of hydrogen-bond donors (Lipinski definition) is 1. The van der Waals surface area contributed by atoms with E-state index in [0.717, 1.165) is 44.5 Å².